The van der Waals surface area contributed by atoms with E-state index in [1.807, 2.05) is 19.0 Å². The van der Waals surface area contributed by atoms with Crippen LogP contribution in [0.15, 0.2) is 0 Å². The molecule has 0 aliphatic heterocycles. The van der Waals surface area contributed by atoms with Gasteiger partial charge in [-0.25, -0.2) is 4.98 Å². The molecule has 0 spiro atoms. The average molecular weight is 283 g/mol. The summed E-state index contributed by atoms with van der Waals surface area (Å²) in [6.07, 6.45) is 4.15. The van der Waals surface area contributed by atoms with Crippen LogP contribution in [0.25, 0.3) is 0 Å². The van der Waals surface area contributed by atoms with E-state index >= 15 is 0 Å². The summed E-state index contributed by atoms with van der Waals surface area (Å²) in [5.41, 5.74) is 11.8. The highest BCUT2D eigenvalue weighted by atomic mass is 32.1. The first-order valence-corrected chi connectivity index (χ1v) is 7.30. The molecule has 1 aromatic rings. The van der Waals surface area contributed by atoms with E-state index in [1.165, 1.54) is 11.3 Å². The molecule has 2 atom stereocenters. The van der Waals surface area contributed by atoms with Gasteiger partial charge in [0.15, 0.2) is 5.13 Å². The molecule has 7 heteroatoms. The average Bonchev–Trinajstić information content (AvgIpc) is 2.74. The van der Waals surface area contributed by atoms with Crippen molar-refractivity contribution in [3.05, 3.63) is 4.88 Å². The highest BCUT2D eigenvalue weighted by Gasteiger charge is 2.25. The Hall–Kier alpha value is -1.34. The lowest BCUT2D eigenvalue weighted by molar-refractivity contribution is 0.0926. The molecule has 2 rings (SSSR count). The van der Waals surface area contributed by atoms with Crippen LogP contribution < -0.4 is 21.7 Å². The Bertz CT molecular complexity index is 459. The van der Waals surface area contributed by atoms with Crippen LogP contribution in [-0.2, 0) is 0 Å². The number of hydrogen-bond acceptors (Lipinski definition) is 6. The van der Waals surface area contributed by atoms with Gasteiger partial charge in [-0.15, -0.1) is 0 Å². The van der Waals surface area contributed by atoms with Crippen molar-refractivity contribution in [2.45, 2.75) is 37.8 Å². The summed E-state index contributed by atoms with van der Waals surface area (Å²) in [5.74, 6) is 0.126. The van der Waals surface area contributed by atoms with Gasteiger partial charge in [0.05, 0.1) is 0 Å². The Kier molecular flexibility index (Phi) is 4.26. The van der Waals surface area contributed by atoms with E-state index in [0.717, 1.165) is 30.8 Å². The Morgan fingerprint density at radius 3 is 2.68 bits per heavy atom. The molecule has 1 fully saturated rings. The van der Waals surface area contributed by atoms with Crippen molar-refractivity contribution in [2.75, 3.05) is 24.7 Å². The lowest BCUT2D eigenvalue weighted by Gasteiger charge is -2.29. The van der Waals surface area contributed by atoms with Gasteiger partial charge in [0, 0.05) is 26.2 Å². The van der Waals surface area contributed by atoms with E-state index in [2.05, 4.69) is 10.3 Å². The molecule has 5 N–H and O–H groups in total. The number of anilines is 2. The Labute approximate surface area is 117 Å². The first-order valence-electron chi connectivity index (χ1n) is 6.49. The smallest absolute Gasteiger partial charge is 0.265 e. The molecule has 1 amide bonds. The van der Waals surface area contributed by atoms with Gasteiger partial charge in [0.2, 0.25) is 0 Å². The van der Waals surface area contributed by atoms with Crippen LogP contribution in [0, 0.1) is 0 Å². The number of hydrogen-bond donors (Lipinski definition) is 3. The maximum Gasteiger partial charge on any atom is 0.265 e. The van der Waals surface area contributed by atoms with E-state index in [-0.39, 0.29) is 23.8 Å². The Morgan fingerprint density at radius 2 is 2.11 bits per heavy atom. The summed E-state index contributed by atoms with van der Waals surface area (Å²) in [4.78, 5) is 18.7. The third-order valence-electron chi connectivity index (χ3n) is 3.37. The number of nitrogens with zero attached hydrogens (tertiary/aromatic N) is 2. The zero-order valence-electron chi connectivity index (χ0n) is 11.3. The van der Waals surface area contributed by atoms with E-state index in [4.69, 9.17) is 11.5 Å². The number of nitrogens with two attached hydrogens (primary N) is 2. The molecule has 6 nitrogen and oxygen atoms in total. The van der Waals surface area contributed by atoms with Crippen LogP contribution in [0.5, 0.6) is 0 Å². The number of carbonyl (C=O) groups is 1. The molecule has 0 radical (unpaired) electrons. The minimum atomic E-state index is -0.162. The topological polar surface area (TPSA) is 97.3 Å². The normalized spacial score (nSPS) is 23.1. The zero-order chi connectivity index (χ0) is 14.0. The summed E-state index contributed by atoms with van der Waals surface area (Å²) in [5, 5.41) is 3.72. The highest BCUT2D eigenvalue weighted by molar-refractivity contribution is 7.18. The van der Waals surface area contributed by atoms with Gasteiger partial charge in [-0.05, 0) is 12.8 Å². The van der Waals surface area contributed by atoms with Gasteiger partial charge in [-0.1, -0.05) is 24.2 Å². The molecule has 1 aliphatic rings. The molecule has 2 unspecified atom stereocenters. The largest absolute Gasteiger partial charge is 0.382 e. The number of carbonyl (C=O) groups excluding carboxylic acids is 1. The molecular formula is C12H21N5OS. The van der Waals surface area contributed by atoms with E-state index < -0.39 is 0 Å². The lowest BCUT2D eigenvalue weighted by atomic mass is 9.91. The summed E-state index contributed by atoms with van der Waals surface area (Å²) >= 11 is 1.30. The SMILES string of the molecule is CN(C)c1nc(N)c(C(=O)NC2CCCCC2N)s1. The summed E-state index contributed by atoms with van der Waals surface area (Å²) in [6, 6.07) is 0.0886. The molecule has 1 aliphatic carbocycles. The molecular weight excluding hydrogens is 262 g/mol. The first-order chi connectivity index (χ1) is 8.99. The molecule has 1 aromatic heterocycles. The van der Waals surface area contributed by atoms with E-state index in [1.54, 1.807) is 0 Å². The third-order valence-corrected chi connectivity index (χ3v) is 4.60. The lowest BCUT2D eigenvalue weighted by Crippen LogP contribution is -2.49. The highest BCUT2D eigenvalue weighted by Crippen LogP contribution is 2.27. The number of amides is 1. The molecule has 106 valence electrons. The number of thiazole rings is 1. The van der Waals surface area contributed by atoms with Gasteiger partial charge in [0.1, 0.15) is 10.7 Å². The van der Waals surface area contributed by atoms with Crippen LogP contribution in [0.2, 0.25) is 0 Å². The predicted molar refractivity (Wildman–Crippen MR) is 78.6 cm³/mol. The molecule has 1 saturated carbocycles. The van der Waals surface area contributed by atoms with Crippen molar-refractivity contribution in [2.24, 2.45) is 5.73 Å². The Balaban J connectivity index is 2.07. The van der Waals surface area contributed by atoms with Crippen LogP contribution in [-0.4, -0.2) is 37.1 Å². The molecule has 0 aromatic carbocycles. The fraction of sp³-hybridized carbons (Fsp3) is 0.667. The maximum absolute atomic E-state index is 12.2. The number of rotatable bonds is 3. The summed E-state index contributed by atoms with van der Waals surface area (Å²) in [6.45, 7) is 0. The van der Waals surface area contributed by atoms with Crippen molar-refractivity contribution in [1.82, 2.24) is 10.3 Å². The van der Waals surface area contributed by atoms with Gasteiger partial charge in [-0.3, -0.25) is 4.79 Å². The fourth-order valence-electron chi connectivity index (χ4n) is 2.25. The second-order valence-corrected chi connectivity index (χ2v) is 6.11. The monoisotopic (exact) mass is 283 g/mol. The fourth-order valence-corrected chi connectivity index (χ4v) is 3.06. The van der Waals surface area contributed by atoms with Gasteiger partial charge in [-0.2, -0.15) is 0 Å². The van der Waals surface area contributed by atoms with Crippen molar-refractivity contribution in [3.63, 3.8) is 0 Å². The minimum absolute atomic E-state index is 0.0418. The second kappa shape index (κ2) is 5.75. The quantitative estimate of drug-likeness (QED) is 0.762. The van der Waals surface area contributed by atoms with Gasteiger partial charge in [0.25, 0.3) is 5.91 Å². The van der Waals surface area contributed by atoms with Crippen molar-refractivity contribution in [3.8, 4) is 0 Å². The third kappa shape index (κ3) is 3.16. The zero-order valence-corrected chi connectivity index (χ0v) is 12.2. The molecule has 1 heterocycles. The maximum atomic E-state index is 12.2. The van der Waals surface area contributed by atoms with Crippen LogP contribution in [0.3, 0.4) is 0 Å². The van der Waals surface area contributed by atoms with Crippen LogP contribution in [0.1, 0.15) is 35.4 Å². The number of nitrogens with one attached hydrogen (secondary N) is 1. The Morgan fingerprint density at radius 1 is 1.42 bits per heavy atom. The first kappa shape index (κ1) is 14.1. The van der Waals surface area contributed by atoms with Crippen molar-refractivity contribution in [1.29, 1.82) is 0 Å². The van der Waals surface area contributed by atoms with Crippen LogP contribution in [0.4, 0.5) is 10.9 Å². The number of nitrogen functional groups attached to an aromatic ring is 1. The minimum Gasteiger partial charge on any atom is -0.382 e. The van der Waals surface area contributed by atoms with Gasteiger partial charge >= 0.3 is 0 Å². The predicted octanol–water partition coefficient (Wildman–Crippen LogP) is 0.791. The molecule has 0 saturated heterocycles. The summed E-state index contributed by atoms with van der Waals surface area (Å²) in [7, 11) is 3.74. The van der Waals surface area contributed by atoms with Crippen molar-refractivity contribution < 1.29 is 4.79 Å². The van der Waals surface area contributed by atoms with Gasteiger partial charge < -0.3 is 21.7 Å². The molecule has 19 heavy (non-hydrogen) atoms. The molecule has 0 bridgehead atoms. The van der Waals surface area contributed by atoms with E-state index in [9.17, 15) is 4.79 Å². The van der Waals surface area contributed by atoms with Crippen LogP contribution >= 0.6 is 11.3 Å². The second-order valence-electron chi connectivity index (χ2n) is 5.13. The summed E-state index contributed by atoms with van der Waals surface area (Å²) < 4.78 is 0. The standard InChI is InChI=1S/C12H21N5OS/c1-17(2)12-16-10(14)9(19-12)11(18)15-8-6-4-3-5-7(8)13/h7-8H,3-6,13-14H2,1-2H3,(H,15,18). The van der Waals surface area contributed by atoms with E-state index in [0.29, 0.717) is 4.88 Å². The van der Waals surface area contributed by atoms with Crippen molar-refractivity contribution >= 4 is 28.2 Å². The number of aromatic nitrogens is 1.